The van der Waals surface area contributed by atoms with Gasteiger partial charge < -0.3 is 5.32 Å². The molecule has 6 nitrogen and oxygen atoms in total. The molecule has 2 aromatic carbocycles. The highest BCUT2D eigenvalue weighted by molar-refractivity contribution is 7.89. The zero-order valence-electron chi connectivity index (χ0n) is 17.2. The van der Waals surface area contributed by atoms with Gasteiger partial charge in [-0.05, 0) is 50.5 Å². The number of sulfonamides is 1. The summed E-state index contributed by atoms with van der Waals surface area (Å²) in [4.78, 5) is 15.3. The molecule has 1 unspecified atom stereocenters. The fourth-order valence-electron chi connectivity index (χ4n) is 3.59. The second kappa shape index (κ2) is 9.07. The molecule has 1 aliphatic rings. The lowest BCUT2D eigenvalue weighted by molar-refractivity contribution is 0.0937. The van der Waals surface area contributed by atoms with Crippen LogP contribution in [0.15, 0.2) is 53.4 Å². The van der Waals surface area contributed by atoms with E-state index < -0.39 is 10.0 Å². The number of carbonyl (C=O) groups is 1. The van der Waals surface area contributed by atoms with E-state index in [-0.39, 0.29) is 22.9 Å². The van der Waals surface area contributed by atoms with E-state index in [4.69, 9.17) is 0 Å². The summed E-state index contributed by atoms with van der Waals surface area (Å²) >= 11 is 0. The maximum Gasteiger partial charge on any atom is 0.251 e. The first kappa shape index (κ1) is 21.5. The van der Waals surface area contributed by atoms with Crippen molar-refractivity contribution in [3.8, 4) is 0 Å². The molecule has 156 valence electrons. The van der Waals surface area contributed by atoms with Crippen molar-refractivity contribution >= 4 is 15.9 Å². The van der Waals surface area contributed by atoms with Crippen LogP contribution in [0.25, 0.3) is 0 Å². The second-order valence-electron chi connectivity index (χ2n) is 7.93. The monoisotopic (exact) mass is 415 g/mol. The predicted octanol–water partition coefficient (Wildman–Crippen LogP) is 2.69. The number of hydrogen-bond acceptors (Lipinski definition) is 4. The van der Waals surface area contributed by atoms with Crippen molar-refractivity contribution in [3.05, 3.63) is 65.2 Å². The molecule has 29 heavy (non-hydrogen) atoms. The van der Waals surface area contributed by atoms with Crippen LogP contribution >= 0.6 is 0 Å². The number of carbonyl (C=O) groups excluding carboxylic acids is 1. The van der Waals surface area contributed by atoms with Gasteiger partial charge in [-0.1, -0.05) is 36.4 Å². The van der Waals surface area contributed by atoms with Crippen LogP contribution in [-0.4, -0.2) is 44.4 Å². The average molecular weight is 416 g/mol. The molecule has 0 bridgehead atoms. The minimum Gasteiger partial charge on any atom is -0.348 e. The zero-order chi connectivity index (χ0) is 21.0. The van der Waals surface area contributed by atoms with E-state index in [1.54, 1.807) is 19.9 Å². The molecule has 2 N–H and O–H groups in total. The van der Waals surface area contributed by atoms with E-state index in [1.807, 2.05) is 25.1 Å². The van der Waals surface area contributed by atoms with Gasteiger partial charge in [-0.15, -0.1) is 0 Å². The molecule has 1 heterocycles. The first-order valence-corrected chi connectivity index (χ1v) is 11.4. The molecule has 3 rings (SSSR count). The van der Waals surface area contributed by atoms with Gasteiger partial charge in [-0.3, -0.25) is 9.69 Å². The van der Waals surface area contributed by atoms with Crippen LogP contribution in [0.1, 0.15) is 41.8 Å². The van der Waals surface area contributed by atoms with Crippen LogP contribution in [-0.2, 0) is 16.6 Å². The molecular weight excluding hydrogens is 386 g/mol. The SMILES string of the molecule is Cc1ccc(S(=O)(=O)NC(C)C)cc1C(=O)NC1CCN(Cc2ccccc2)C1. The van der Waals surface area contributed by atoms with Crippen LogP contribution in [0.2, 0.25) is 0 Å². The molecule has 7 heteroatoms. The molecule has 0 radical (unpaired) electrons. The van der Waals surface area contributed by atoms with Crippen LogP contribution in [0.4, 0.5) is 0 Å². The van der Waals surface area contributed by atoms with Gasteiger partial charge in [0.05, 0.1) is 4.90 Å². The summed E-state index contributed by atoms with van der Waals surface area (Å²) in [5.74, 6) is -0.226. The number of likely N-dealkylation sites (tertiary alicyclic amines) is 1. The molecule has 1 saturated heterocycles. The summed E-state index contributed by atoms with van der Waals surface area (Å²) in [7, 11) is -3.64. The summed E-state index contributed by atoms with van der Waals surface area (Å²) in [6, 6.07) is 14.8. The van der Waals surface area contributed by atoms with Gasteiger partial charge in [0.1, 0.15) is 0 Å². The van der Waals surface area contributed by atoms with Gasteiger partial charge in [-0.25, -0.2) is 13.1 Å². The van der Waals surface area contributed by atoms with Crippen molar-refractivity contribution in [2.24, 2.45) is 0 Å². The van der Waals surface area contributed by atoms with Crippen molar-refractivity contribution in [2.75, 3.05) is 13.1 Å². The Morgan fingerprint density at radius 2 is 1.90 bits per heavy atom. The van der Waals surface area contributed by atoms with Gasteiger partial charge in [-0.2, -0.15) is 0 Å². The van der Waals surface area contributed by atoms with E-state index in [0.717, 1.165) is 31.6 Å². The van der Waals surface area contributed by atoms with Gasteiger partial charge in [0.15, 0.2) is 0 Å². The highest BCUT2D eigenvalue weighted by Crippen LogP contribution is 2.18. The topological polar surface area (TPSA) is 78.5 Å². The lowest BCUT2D eigenvalue weighted by atomic mass is 10.1. The Labute approximate surface area is 173 Å². The summed E-state index contributed by atoms with van der Waals surface area (Å²) in [6.45, 7) is 7.91. The van der Waals surface area contributed by atoms with E-state index in [1.165, 1.54) is 17.7 Å². The Bertz CT molecular complexity index is 959. The van der Waals surface area contributed by atoms with E-state index in [2.05, 4.69) is 27.1 Å². The van der Waals surface area contributed by atoms with E-state index >= 15 is 0 Å². The number of hydrogen-bond donors (Lipinski definition) is 2. The number of aryl methyl sites for hydroxylation is 1. The molecule has 1 fully saturated rings. The normalized spacial score (nSPS) is 17.6. The average Bonchev–Trinajstić information content (AvgIpc) is 3.08. The minimum atomic E-state index is -3.64. The molecule has 1 aliphatic heterocycles. The molecule has 0 aromatic heterocycles. The van der Waals surface area contributed by atoms with Gasteiger partial charge >= 0.3 is 0 Å². The largest absolute Gasteiger partial charge is 0.348 e. The second-order valence-corrected chi connectivity index (χ2v) is 9.65. The molecular formula is C22H29N3O3S. The van der Waals surface area contributed by atoms with Crippen molar-refractivity contribution in [1.29, 1.82) is 0 Å². The quantitative estimate of drug-likeness (QED) is 0.729. The van der Waals surface area contributed by atoms with Gasteiger partial charge in [0.25, 0.3) is 5.91 Å². The van der Waals surface area contributed by atoms with Crippen LogP contribution in [0.3, 0.4) is 0 Å². The Hall–Kier alpha value is -2.22. The molecule has 1 amide bonds. The Balaban J connectivity index is 1.66. The molecule has 0 spiro atoms. The Morgan fingerprint density at radius 1 is 1.17 bits per heavy atom. The highest BCUT2D eigenvalue weighted by Gasteiger charge is 2.25. The standard InChI is InChI=1S/C22H29N3O3S/c1-16(2)24-29(27,28)20-10-9-17(3)21(13-20)22(26)23-19-11-12-25(15-19)14-18-7-5-4-6-8-18/h4-10,13,16,19,24H,11-12,14-15H2,1-3H3,(H,23,26). The van der Waals surface area contributed by atoms with Crippen molar-refractivity contribution in [2.45, 2.75) is 50.7 Å². The summed E-state index contributed by atoms with van der Waals surface area (Å²) in [5, 5.41) is 3.08. The summed E-state index contributed by atoms with van der Waals surface area (Å²) in [6.07, 6.45) is 0.879. The number of nitrogens with zero attached hydrogens (tertiary/aromatic N) is 1. The Morgan fingerprint density at radius 3 is 2.59 bits per heavy atom. The van der Waals surface area contributed by atoms with Gasteiger partial charge in [0, 0.05) is 37.3 Å². The highest BCUT2D eigenvalue weighted by atomic mass is 32.2. The van der Waals surface area contributed by atoms with Gasteiger partial charge in [0.2, 0.25) is 10.0 Å². The molecule has 1 atom stereocenters. The van der Waals surface area contributed by atoms with Crippen molar-refractivity contribution in [3.63, 3.8) is 0 Å². The fraction of sp³-hybridized carbons (Fsp3) is 0.409. The molecule has 0 saturated carbocycles. The first-order valence-electron chi connectivity index (χ1n) is 9.95. The van der Waals surface area contributed by atoms with Crippen LogP contribution in [0, 0.1) is 6.92 Å². The lowest BCUT2D eigenvalue weighted by Crippen LogP contribution is -2.37. The number of nitrogens with one attached hydrogen (secondary N) is 2. The zero-order valence-corrected chi connectivity index (χ0v) is 18.0. The third-order valence-corrected chi connectivity index (χ3v) is 6.67. The predicted molar refractivity (Wildman–Crippen MR) is 114 cm³/mol. The molecule has 2 aromatic rings. The van der Waals surface area contributed by atoms with Crippen molar-refractivity contribution < 1.29 is 13.2 Å². The smallest absolute Gasteiger partial charge is 0.251 e. The van der Waals surface area contributed by atoms with E-state index in [9.17, 15) is 13.2 Å². The Kier molecular flexibility index (Phi) is 6.72. The lowest BCUT2D eigenvalue weighted by Gasteiger charge is -2.17. The third kappa shape index (κ3) is 5.65. The van der Waals surface area contributed by atoms with Crippen LogP contribution < -0.4 is 10.0 Å². The minimum absolute atomic E-state index is 0.0552. The van der Waals surface area contributed by atoms with E-state index in [0.29, 0.717) is 5.56 Å². The maximum atomic E-state index is 12.8. The third-order valence-electron chi connectivity index (χ3n) is 5.01. The summed E-state index contributed by atoms with van der Waals surface area (Å²) in [5.41, 5.74) is 2.41. The van der Waals surface area contributed by atoms with Crippen molar-refractivity contribution in [1.82, 2.24) is 14.9 Å². The number of rotatable bonds is 7. The number of benzene rings is 2. The summed E-state index contributed by atoms with van der Waals surface area (Å²) < 4.78 is 27.4. The van der Waals surface area contributed by atoms with Crippen LogP contribution in [0.5, 0.6) is 0 Å². The fourth-order valence-corrected chi connectivity index (χ4v) is 4.87. The maximum absolute atomic E-state index is 12.8. The number of amides is 1. The first-order chi connectivity index (χ1) is 13.7. The molecule has 0 aliphatic carbocycles.